The van der Waals surface area contributed by atoms with Gasteiger partial charge in [0.2, 0.25) is 0 Å². The summed E-state index contributed by atoms with van der Waals surface area (Å²) in [6.07, 6.45) is 3.14. The maximum absolute atomic E-state index is 11.7. The summed E-state index contributed by atoms with van der Waals surface area (Å²) in [5.41, 5.74) is 1.33. The van der Waals surface area contributed by atoms with Crippen molar-refractivity contribution >= 4 is 40.7 Å². The van der Waals surface area contributed by atoms with E-state index in [1.807, 2.05) is 0 Å². The molecule has 1 aromatic carbocycles. The number of carbonyl (C=O) groups excluding carboxylic acids is 1. The maximum atomic E-state index is 11.7. The van der Waals surface area contributed by atoms with E-state index in [4.69, 9.17) is 39.5 Å². The number of ether oxygens (including phenoxy) is 1. The van der Waals surface area contributed by atoms with Crippen molar-refractivity contribution in [3.8, 4) is 11.1 Å². The van der Waals surface area contributed by atoms with Crippen molar-refractivity contribution in [3.05, 3.63) is 45.7 Å². The summed E-state index contributed by atoms with van der Waals surface area (Å²) < 4.78 is 6.17. The second kappa shape index (κ2) is 5.97. The van der Waals surface area contributed by atoms with Crippen LogP contribution in [0.25, 0.3) is 11.1 Å². The van der Waals surface area contributed by atoms with Crippen molar-refractivity contribution in [2.24, 2.45) is 0 Å². The number of aromatic nitrogens is 1. The summed E-state index contributed by atoms with van der Waals surface area (Å²) in [6, 6.07) is 5.25. The van der Waals surface area contributed by atoms with E-state index >= 15 is 0 Å². The van der Waals surface area contributed by atoms with Gasteiger partial charge in [-0.15, -0.1) is 0 Å². The quantitative estimate of drug-likeness (QED) is 0.840. The highest BCUT2D eigenvalue weighted by Gasteiger charge is 2.15. The normalized spacial score (nSPS) is 10.7. The topological polar surface area (TPSA) is 31.2 Å². The molecule has 0 N–H and O–H groups in total. The number of benzene rings is 1. The first-order valence-corrected chi connectivity index (χ1v) is 6.52. The summed E-state index contributed by atoms with van der Waals surface area (Å²) in [5, 5.41) is 1.27. The summed E-state index contributed by atoms with van der Waals surface area (Å²) in [7, 11) is 1.46. The molecule has 100 valence electrons. The van der Waals surface area contributed by atoms with Gasteiger partial charge in [0, 0.05) is 30.6 Å². The van der Waals surface area contributed by atoms with E-state index in [2.05, 4.69) is 0 Å². The lowest BCUT2D eigenvalue weighted by molar-refractivity contribution is 0.0762. The third-order valence-corrected chi connectivity index (χ3v) is 3.70. The van der Waals surface area contributed by atoms with Crippen molar-refractivity contribution in [3.63, 3.8) is 0 Å². The molecule has 0 saturated heterocycles. The highest BCUT2D eigenvalue weighted by atomic mass is 35.5. The van der Waals surface area contributed by atoms with Crippen LogP contribution in [0.2, 0.25) is 15.1 Å². The van der Waals surface area contributed by atoms with E-state index in [1.165, 1.54) is 17.9 Å². The number of carbonyl (C=O) groups is 1. The zero-order valence-electron chi connectivity index (χ0n) is 9.99. The van der Waals surface area contributed by atoms with Crippen LogP contribution in [0.5, 0.6) is 0 Å². The molecule has 0 aliphatic heterocycles. The van der Waals surface area contributed by atoms with Gasteiger partial charge in [-0.25, -0.2) is 0 Å². The average Bonchev–Trinajstić information content (AvgIpc) is 2.75. The van der Waals surface area contributed by atoms with Crippen molar-refractivity contribution in [2.75, 3.05) is 13.7 Å². The van der Waals surface area contributed by atoms with Crippen LogP contribution in [0.3, 0.4) is 0 Å². The summed E-state index contributed by atoms with van der Waals surface area (Å²) in [4.78, 5) is 11.7. The monoisotopic (exact) mass is 317 g/mol. The van der Waals surface area contributed by atoms with Crippen LogP contribution in [0.15, 0.2) is 30.6 Å². The van der Waals surface area contributed by atoms with Crippen LogP contribution >= 0.6 is 34.8 Å². The molecule has 1 aromatic heterocycles. The molecule has 1 heterocycles. The van der Waals surface area contributed by atoms with Crippen molar-refractivity contribution in [2.45, 2.75) is 0 Å². The molecule has 6 heteroatoms. The Balaban J connectivity index is 2.46. The van der Waals surface area contributed by atoms with Gasteiger partial charge in [-0.2, -0.15) is 0 Å². The lowest BCUT2D eigenvalue weighted by Crippen LogP contribution is -2.14. The zero-order valence-corrected chi connectivity index (χ0v) is 12.3. The van der Waals surface area contributed by atoms with Gasteiger partial charge in [0.25, 0.3) is 5.91 Å². The standard InChI is InChI=1S/C13H10Cl3NO2/c1-19-7-12(18)17-5-9(11(15)6-17)8-3-2-4-10(14)13(8)16/h2-6H,7H2,1H3. The summed E-state index contributed by atoms with van der Waals surface area (Å²) in [6.45, 7) is -0.0201. The Kier molecular flexibility index (Phi) is 4.53. The molecule has 2 aromatic rings. The van der Waals surface area contributed by atoms with Gasteiger partial charge < -0.3 is 4.74 Å². The number of methoxy groups -OCH3 is 1. The van der Waals surface area contributed by atoms with Crippen molar-refractivity contribution in [1.82, 2.24) is 4.57 Å². The van der Waals surface area contributed by atoms with Crippen LogP contribution in [-0.2, 0) is 4.74 Å². The molecule has 0 fully saturated rings. The molecule has 0 aliphatic rings. The predicted molar refractivity (Wildman–Crippen MR) is 77.4 cm³/mol. The molecular weight excluding hydrogens is 309 g/mol. The van der Waals surface area contributed by atoms with Gasteiger partial charge in [-0.1, -0.05) is 46.9 Å². The third kappa shape index (κ3) is 2.95. The molecule has 0 saturated carbocycles. The van der Waals surface area contributed by atoms with E-state index in [0.29, 0.717) is 26.2 Å². The number of rotatable bonds is 3. The van der Waals surface area contributed by atoms with Gasteiger partial charge in [-0.3, -0.25) is 9.36 Å². The fourth-order valence-electron chi connectivity index (χ4n) is 1.68. The van der Waals surface area contributed by atoms with E-state index < -0.39 is 0 Å². The minimum Gasteiger partial charge on any atom is -0.375 e. The predicted octanol–water partition coefficient (Wildman–Crippen LogP) is 4.40. The SMILES string of the molecule is COCC(=O)n1cc(Cl)c(-c2cccc(Cl)c2Cl)c1. The molecule has 2 rings (SSSR count). The fraction of sp³-hybridized carbons (Fsp3) is 0.154. The second-order valence-electron chi connectivity index (χ2n) is 3.86. The van der Waals surface area contributed by atoms with E-state index in [9.17, 15) is 4.79 Å². The van der Waals surface area contributed by atoms with E-state index in [0.717, 1.165) is 0 Å². The Morgan fingerprint density at radius 2 is 1.89 bits per heavy atom. The minimum absolute atomic E-state index is 0.0201. The molecule has 0 spiro atoms. The van der Waals surface area contributed by atoms with Crippen molar-refractivity contribution < 1.29 is 9.53 Å². The number of nitrogens with zero attached hydrogens (tertiary/aromatic N) is 1. The number of hydrogen-bond donors (Lipinski definition) is 0. The van der Waals surface area contributed by atoms with Crippen LogP contribution < -0.4 is 0 Å². The van der Waals surface area contributed by atoms with Gasteiger partial charge in [0.1, 0.15) is 6.61 Å². The van der Waals surface area contributed by atoms with E-state index in [-0.39, 0.29) is 12.5 Å². The average molecular weight is 319 g/mol. The van der Waals surface area contributed by atoms with Crippen LogP contribution in [0.4, 0.5) is 0 Å². The number of halogens is 3. The second-order valence-corrected chi connectivity index (χ2v) is 5.05. The lowest BCUT2D eigenvalue weighted by Gasteiger charge is -2.04. The molecule has 0 radical (unpaired) electrons. The molecule has 0 atom stereocenters. The van der Waals surface area contributed by atoms with Gasteiger partial charge in [-0.05, 0) is 6.07 Å². The number of hydrogen-bond acceptors (Lipinski definition) is 2. The summed E-state index contributed by atoms with van der Waals surface area (Å²) >= 11 is 18.2. The molecule has 0 aliphatic carbocycles. The largest absolute Gasteiger partial charge is 0.375 e. The first-order valence-electron chi connectivity index (χ1n) is 5.38. The Morgan fingerprint density at radius 1 is 1.16 bits per heavy atom. The Bertz CT molecular complexity index is 622. The molecule has 3 nitrogen and oxygen atoms in total. The van der Waals surface area contributed by atoms with Crippen LogP contribution in [0, 0.1) is 0 Å². The molecule has 0 unspecified atom stereocenters. The molecular formula is C13H10Cl3NO2. The van der Waals surface area contributed by atoms with Gasteiger partial charge in [0.05, 0.1) is 15.1 Å². The first-order chi connectivity index (χ1) is 9.04. The smallest absolute Gasteiger partial charge is 0.256 e. The first kappa shape index (κ1) is 14.4. The fourth-order valence-corrected chi connectivity index (χ4v) is 2.34. The Labute approximate surface area is 125 Å². The zero-order chi connectivity index (χ0) is 14.0. The lowest BCUT2D eigenvalue weighted by atomic mass is 10.1. The summed E-state index contributed by atoms with van der Waals surface area (Å²) in [5.74, 6) is -0.214. The minimum atomic E-state index is -0.214. The molecule has 19 heavy (non-hydrogen) atoms. The Hall–Kier alpha value is -1.000. The third-order valence-electron chi connectivity index (χ3n) is 2.58. The molecule has 0 amide bonds. The van der Waals surface area contributed by atoms with Gasteiger partial charge >= 0.3 is 0 Å². The van der Waals surface area contributed by atoms with Gasteiger partial charge in [0.15, 0.2) is 0 Å². The van der Waals surface area contributed by atoms with E-state index in [1.54, 1.807) is 24.4 Å². The highest BCUT2D eigenvalue weighted by Crippen LogP contribution is 2.37. The van der Waals surface area contributed by atoms with Crippen LogP contribution in [0.1, 0.15) is 4.79 Å². The Morgan fingerprint density at radius 3 is 2.58 bits per heavy atom. The highest BCUT2D eigenvalue weighted by molar-refractivity contribution is 6.44. The molecule has 0 bridgehead atoms. The van der Waals surface area contributed by atoms with Crippen LogP contribution in [-0.4, -0.2) is 24.2 Å². The maximum Gasteiger partial charge on any atom is 0.256 e. The van der Waals surface area contributed by atoms with Crippen molar-refractivity contribution in [1.29, 1.82) is 0 Å².